The molecular formula is C14H19N3O. The summed E-state index contributed by atoms with van der Waals surface area (Å²) >= 11 is 0. The van der Waals surface area contributed by atoms with Gasteiger partial charge in [0.2, 0.25) is 0 Å². The highest BCUT2D eigenvalue weighted by atomic mass is 16.5. The van der Waals surface area contributed by atoms with Crippen LogP contribution in [0.25, 0.3) is 0 Å². The van der Waals surface area contributed by atoms with Crippen LogP contribution in [0.1, 0.15) is 18.2 Å². The van der Waals surface area contributed by atoms with Crippen molar-refractivity contribution in [3.05, 3.63) is 48.0 Å². The zero-order valence-electron chi connectivity index (χ0n) is 10.8. The number of nitrogens with two attached hydrogens (primary N) is 1. The summed E-state index contributed by atoms with van der Waals surface area (Å²) < 4.78 is 7.20. The normalized spacial score (nSPS) is 12.4. The van der Waals surface area contributed by atoms with Crippen LogP contribution in [0.2, 0.25) is 0 Å². The van der Waals surface area contributed by atoms with E-state index >= 15 is 0 Å². The zero-order chi connectivity index (χ0) is 13.0. The van der Waals surface area contributed by atoms with Crippen LogP contribution in [0.15, 0.2) is 36.8 Å². The van der Waals surface area contributed by atoms with Crippen LogP contribution < -0.4 is 10.5 Å². The van der Waals surface area contributed by atoms with Gasteiger partial charge in [0.15, 0.2) is 0 Å². The highest BCUT2D eigenvalue weighted by Crippen LogP contribution is 2.12. The number of ether oxygens (including phenoxy) is 1. The number of benzene rings is 1. The average molecular weight is 245 g/mol. The average Bonchev–Trinajstić information content (AvgIpc) is 2.76. The minimum Gasteiger partial charge on any atom is -0.497 e. The van der Waals surface area contributed by atoms with E-state index in [4.69, 9.17) is 10.5 Å². The molecule has 0 saturated carbocycles. The summed E-state index contributed by atoms with van der Waals surface area (Å²) in [4.78, 5) is 4.34. The molecule has 0 saturated heterocycles. The van der Waals surface area contributed by atoms with Gasteiger partial charge in [-0.05, 0) is 24.6 Å². The monoisotopic (exact) mass is 245 g/mol. The molecule has 2 rings (SSSR count). The van der Waals surface area contributed by atoms with Crippen LogP contribution in [0, 0.1) is 0 Å². The molecule has 96 valence electrons. The number of hydrogen-bond acceptors (Lipinski definition) is 3. The van der Waals surface area contributed by atoms with Crippen LogP contribution >= 0.6 is 0 Å². The van der Waals surface area contributed by atoms with Crippen molar-refractivity contribution in [2.24, 2.45) is 5.73 Å². The summed E-state index contributed by atoms with van der Waals surface area (Å²) in [5.41, 5.74) is 8.02. The lowest BCUT2D eigenvalue weighted by Crippen LogP contribution is -2.17. The Morgan fingerprint density at radius 1 is 1.33 bits per heavy atom. The van der Waals surface area contributed by atoms with Gasteiger partial charge in [-0.2, -0.15) is 0 Å². The molecule has 0 aliphatic rings. The van der Waals surface area contributed by atoms with E-state index in [2.05, 4.69) is 21.7 Å². The van der Waals surface area contributed by atoms with Crippen LogP contribution in [-0.4, -0.2) is 22.7 Å². The van der Waals surface area contributed by atoms with E-state index in [-0.39, 0.29) is 6.04 Å². The zero-order valence-corrected chi connectivity index (χ0v) is 10.8. The fourth-order valence-electron chi connectivity index (χ4n) is 1.87. The summed E-state index contributed by atoms with van der Waals surface area (Å²) in [6.45, 7) is 2.80. The van der Waals surface area contributed by atoms with Crippen molar-refractivity contribution in [3.8, 4) is 5.75 Å². The Hall–Kier alpha value is -1.81. The maximum atomic E-state index is 5.76. The predicted molar refractivity (Wildman–Crippen MR) is 71.7 cm³/mol. The third kappa shape index (κ3) is 3.34. The molecule has 0 amide bonds. The van der Waals surface area contributed by atoms with Crippen molar-refractivity contribution in [2.45, 2.75) is 25.9 Å². The maximum Gasteiger partial charge on any atom is 0.118 e. The summed E-state index contributed by atoms with van der Waals surface area (Å²) in [5.74, 6) is 0.877. The molecule has 1 aromatic carbocycles. The summed E-state index contributed by atoms with van der Waals surface area (Å²) in [5, 5.41) is 0. The van der Waals surface area contributed by atoms with Crippen molar-refractivity contribution in [1.29, 1.82) is 0 Å². The van der Waals surface area contributed by atoms with Gasteiger partial charge in [-0.15, -0.1) is 0 Å². The van der Waals surface area contributed by atoms with Crippen molar-refractivity contribution >= 4 is 0 Å². The van der Waals surface area contributed by atoms with Gasteiger partial charge in [0, 0.05) is 25.2 Å². The fourth-order valence-corrected chi connectivity index (χ4v) is 1.87. The van der Waals surface area contributed by atoms with Crippen molar-refractivity contribution < 1.29 is 4.74 Å². The maximum absolute atomic E-state index is 5.76. The number of aromatic nitrogens is 2. The number of hydrogen-bond donors (Lipinski definition) is 1. The Kier molecular flexibility index (Phi) is 3.99. The molecular weight excluding hydrogens is 226 g/mol. The minimum atomic E-state index is 0.148. The van der Waals surface area contributed by atoms with Gasteiger partial charge in [0.05, 0.1) is 19.1 Å². The van der Waals surface area contributed by atoms with Gasteiger partial charge in [-0.1, -0.05) is 12.1 Å². The van der Waals surface area contributed by atoms with E-state index < -0.39 is 0 Å². The van der Waals surface area contributed by atoms with Gasteiger partial charge in [-0.25, -0.2) is 4.98 Å². The lowest BCUT2D eigenvalue weighted by atomic mass is 10.2. The fraction of sp³-hybridized carbons (Fsp3) is 0.357. The van der Waals surface area contributed by atoms with Crippen LogP contribution in [0.5, 0.6) is 5.75 Å². The number of methoxy groups -OCH3 is 1. The summed E-state index contributed by atoms with van der Waals surface area (Å²) in [6, 6.07) is 8.20. The Morgan fingerprint density at radius 3 is 2.67 bits per heavy atom. The Labute approximate surface area is 107 Å². The third-order valence-electron chi connectivity index (χ3n) is 2.74. The molecule has 0 aliphatic heterocycles. The molecule has 1 heterocycles. The van der Waals surface area contributed by atoms with Gasteiger partial charge in [-0.3, -0.25) is 0 Å². The Balaban J connectivity index is 2.01. The molecule has 0 radical (unpaired) electrons. The minimum absolute atomic E-state index is 0.148. The molecule has 18 heavy (non-hydrogen) atoms. The molecule has 4 nitrogen and oxygen atoms in total. The second-order valence-corrected chi connectivity index (χ2v) is 4.57. The first-order valence-electron chi connectivity index (χ1n) is 6.06. The summed E-state index contributed by atoms with van der Waals surface area (Å²) in [7, 11) is 1.67. The molecule has 1 atom stereocenters. The Morgan fingerprint density at radius 2 is 2.06 bits per heavy atom. The van der Waals surface area contributed by atoms with E-state index in [1.165, 1.54) is 5.56 Å². The predicted octanol–water partition coefficient (Wildman–Crippen LogP) is 1.83. The topological polar surface area (TPSA) is 53.1 Å². The highest BCUT2D eigenvalue weighted by molar-refractivity contribution is 5.27. The first-order valence-corrected chi connectivity index (χ1v) is 6.06. The second-order valence-electron chi connectivity index (χ2n) is 4.57. The van der Waals surface area contributed by atoms with E-state index in [0.717, 1.165) is 24.4 Å². The molecule has 2 aromatic rings. The van der Waals surface area contributed by atoms with Gasteiger partial charge in [0.25, 0.3) is 0 Å². The standard InChI is InChI=1S/C14H19N3O/c1-11(15)7-13-9-17(10-16-13)8-12-3-5-14(18-2)6-4-12/h3-6,9-11H,7-8,15H2,1-2H3. The van der Waals surface area contributed by atoms with Gasteiger partial charge in [0.1, 0.15) is 5.75 Å². The number of rotatable bonds is 5. The molecule has 0 spiro atoms. The lowest BCUT2D eigenvalue weighted by molar-refractivity contribution is 0.414. The highest BCUT2D eigenvalue weighted by Gasteiger charge is 2.02. The van der Waals surface area contributed by atoms with E-state index in [1.807, 2.05) is 31.6 Å². The van der Waals surface area contributed by atoms with Crippen molar-refractivity contribution in [2.75, 3.05) is 7.11 Å². The second kappa shape index (κ2) is 5.69. The van der Waals surface area contributed by atoms with Crippen molar-refractivity contribution in [3.63, 3.8) is 0 Å². The SMILES string of the molecule is COc1ccc(Cn2cnc(CC(C)N)c2)cc1. The van der Waals surface area contributed by atoms with Crippen LogP contribution in [0.4, 0.5) is 0 Å². The number of imidazole rings is 1. The largest absolute Gasteiger partial charge is 0.497 e. The molecule has 1 unspecified atom stereocenters. The number of nitrogens with zero attached hydrogens (tertiary/aromatic N) is 2. The van der Waals surface area contributed by atoms with Crippen LogP contribution in [-0.2, 0) is 13.0 Å². The van der Waals surface area contributed by atoms with Gasteiger partial charge >= 0.3 is 0 Å². The first-order chi connectivity index (χ1) is 8.67. The van der Waals surface area contributed by atoms with Crippen molar-refractivity contribution in [1.82, 2.24) is 9.55 Å². The quantitative estimate of drug-likeness (QED) is 0.874. The van der Waals surface area contributed by atoms with Crippen LogP contribution in [0.3, 0.4) is 0 Å². The smallest absolute Gasteiger partial charge is 0.118 e. The Bertz CT molecular complexity index is 488. The van der Waals surface area contributed by atoms with E-state index in [1.54, 1.807) is 7.11 Å². The molecule has 1 aromatic heterocycles. The van der Waals surface area contributed by atoms with E-state index in [0.29, 0.717) is 0 Å². The summed E-state index contributed by atoms with van der Waals surface area (Å²) in [6.07, 6.45) is 4.71. The van der Waals surface area contributed by atoms with E-state index in [9.17, 15) is 0 Å². The molecule has 0 bridgehead atoms. The lowest BCUT2D eigenvalue weighted by Gasteiger charge is -2.04. The molecule has 0 aliphatic carbocycles. The molecule has 4 heteroatoms. The third-order valence-corrected chi connectivity index (χ3v) is 2.74. The first kappa shape index (κ1) is 12.6. The molecule has 0 fully saturated rings. The van der Waals surface area contributed by atoms with Gasteiger partial charge < -0.3 is 15.0 Å². The molecule has 2 N–H and O–H groups in total.